The average molecular weight is 391 g/mol. The molecule has 4 nitrogen and oxygen atoms in total. The zero-order valence-electron chi connectivity index (χ0n) is 13.0. The number of phenolic OH excluding ortho intramolecular Hbond substituents is 1. The van der Waals surface area contributed by atoms with Crippen LogP contribution in [0.15, 0.2) is 36.4 Å². The van der Waals surface area contributed by atoms with E-state index in [1.54, 1.807) is 24.3 Å². The predicted octanol–water partition coefficient (Wildman–Crippen LogP) is 3.75. The Morgan fingerprint density at radius 3 is 2.58 bits per heavy atom. The van der Waals surface area contributed by atoms with Gasteiger partial charge in [0.2, 0.25) is 0 Å². The van der Waals surface area contributed by atoms with Crippen molar-refractivity contribution >= 4 is 41.6 Å². The number of aromatic hydroxyl groups is 1. The third-order valence-electron chi connectivity index (χ3n) is 3.55. The van der Waals surface area contributed by atoms with Crippen molar-refractivity contribution in [2.75, 3.05) is 7.11 Å². The number of methoxy groups -OCH3 is 1. The Labute approximate surface area is 156 Å². The molecule has 0 aromatic heterocycles. The van der Waals surface area contributed by atoms with Crippen LogP contribution in [0, 0.1) is 0 Å². The van der Waals surface area contributed by atoms with E-state index in [0.717, 1.165) is 16.7 Å². The summed E-state index contributed by atoms with van der Waals surface area (Å²) in [4.78, 5) is 11.5. The number of carbonyl (C=O) groups excluding carboxylic acids is 1. The second-order valence-corrected chi connectivity index (χ2v) is 5.96. The van der Waals surface area contributed by atoms with Gasteiger partial charge in [-0.1, -0.05) is 41.4 Å². The van der Waals surface area contributed by atoms with Gasteiger partial charge in [-0.15, -0.1) is 12.4 Å². The van der Waals surface area contributed by atoms with Crippen LogP contribution in [0.3, 0.4) is 0 Å². The summed E-state index contributed by atoms with van der Waals surface area (Å²) >= 11 is 12.3. The number of benzene rings is 2. The van der Waals surface area contributed by atoms with Gasteiger partial charge in [0.15, 0.2) is 0 Å². The third-order valence-corrected chi connectivity index (χ3v) is 4.40. The molecule has 1 atom stereocenters. The lowest BCUT2D eigenvalue weighted by Gasteiger charge is -2.15. The van der Waals surface area contributed by atoms with Crippen LogP contribution in [0.1, 0.15) is 16.7 Å². The fraction of sp³-hybridized carbons (Fsp3) is 0.235. The van der Waals surface area contributed by atoms with Gasteiger partial charge < -0.3 is 15.6 Å². The van der Waals surface area contributed by atoms with Gasteiger partial charge in [0, 0.05) is 0 Å². The number of halogens is 3. The van der Waals surface area contributed by atoms with Gasteiger partial charge in [-0.25, -0.2) is 0 Å². The van der Waals surface area contributed by atoms with Crippen LogP contribution < -0.4 is 5.73 Å². The van der Waals surface area contributed by atoms with Crippen LogP contribution in [0.2, 0.25) is 10.0 Å². The lowest BCUT2D eigenvalue weighted by molar-refractivity contribution is -0.142. The van der Waals surface area contributed by atoms with Crippen LogP contribution in [0.25, 0.3) is 0 Å². The Balaban J connectivity index is 0.00000288. The van der Waals surface area contributed by atoms with E-state index in [1.165, 1.54) is 7.11 Å². The van der Waals surface area contributed by atoms with Crippen molar-refractivity contribution in [3.63, 3.8) is 0 Å². The second-order valence-electron chi connectivity index (χ2n) is 5.18. The van der Waals surface area contributed by atoms with Crippen molar-refractivity contribution in [3.05, 3.63) is 63.1 Å². The topological polar surface area (TPSA) is 72.5 Å². The summed E-state index contributed by atoms with van der Waals surface area (Å²) in [5.74, 6) is -0.349. The minimum absolute atomic E-state index is 0. The molecule has 2 aromatic rings. The highest BCUT2D eigenvalue weighted by Gasteiger charge is 2.17. The van der Waals surface area contributed by atoms with E-state index in [-0.39, 0.29) is 18.2 Å². The van der Waals surface area contributed by atoms with Gasteiger partial charge in [-0.2, -0.15) is 0 Å². The van der Waals surface area contributed by atoms with Crippen molar-refractivity contribution in [1.82, 2.24) is 0 Å². The Bertz CT molecular complexity index is 722. The highest BCUT2D eigenvalue weighted by Crippen LogP contribution is 2.29. The molecule has 3 N–H and O–H groups in total. The molecule has 130 valence electrons. The minimum atomic E-state index is -0.766. The molecule has 0 fully saturated rings. The summed E-state index contributed by atoms with van der Waals surface area (Å²) in [5.41, 5.74) is 8.33. The van der Waals surface area contributed by atoms with Gasteiger partial charge in [-0.3, -0.25) is 4.79 Å². The number of hydrogen-bond acceptors (Lipinski definition) is 4. The maximum Gasteiger partial charge on any atom is 0.322 e. The summed E-state index contributed by atoms with van der Waals surface area (Å²) in [6.07, 6.45) is 0.775. The van der Waals surface area contributed by atoms with E-state index in [4.69, 9.17) is 28.9 Å². The van der Waals surface area contributed by atoms with Crippen molar-refractivity contribution in [3.8, 4) is 5.75 Å². The molecule has 0 spiro atoms. The van der Waals surface area contributed by atoms with E-state index in [9.17, 15) is 9.90 Å². The number of nitrogens with two attached hydrogens (primary N) is 1. The average Bonchev–Trinajstić information content (AvgIpc) is 2.53. The molecule has 0 aliphatic carbocycles. The number of ether oxygens (including phenoxy) is 1. The highest BCUT2D eigenvalue weighted by atomic mass is 35.5. The number of rotatable bonds is 5. The Morgan fingerprint density at radius 2 is 1.92 bits per heavy atom. The van der Waals surface area contributed by atoms with Gasteiger partial charge in [0.1, 0.15) is 11.8 Å². The first kappa shape index (κ1) is 20.6. The van der Waals surface area contributed by atoms with Crippen LogP contribution in [-0.2, 0) is 22.4 Å². The van der Waals surface area contributed by atoms with E-state index in [2.05, 4.69) is 4.74 Å². The molecule has 0 amide bonds. The Kier molecular flexibility index (Phi) is 7.84. The molecule has 0 bridgehead atoms. The molecule has 0 aliphatic heterocycles. The summed E-state index contributed by atoms with van der Waals surface area (Å²) in [6.45, 7) is 0. The van der Waals surface area contributed by atoms with E-state index in [1.807, 2.05) is 12.1 Å². The van der Waals surface area contributed by atoms with Crippen molar-refractivity contribution in [1.29, 1.82) is 0 Å². The zero-order valence-corrected chi connectivity index (χ0v) is 15.3. The summed E-state index contributed by atoms with van der Waals surface area (Å²) in [5, 5.41) is 10.7. The Hall–Kier alpha value is -1.46. The predicted molar refractivity (Wildman–Crippen MR) is 98.3 cm³/mol. The van der Waals surface area contributed by atoms with E-state index in [0.29, 0.717) is 22.9 Å². The summed E-state index contributed by atoms with van der Waals surface area (Å²) in [6, 6.07) is 9.56. The van der Waals surface area contributed by atoms with Gasteiger partial charge in [-0.05, 0) is 47.7 Å². The molecule has 0 aliphatic rings. The molecule has 0 radical (unpaired) electrons. The largest absolute Gasteiger partial charge is 0.508 e. The lowest BCUT2D eigenvalue weighted by atomic mass is 9.95. The summed E-state index contributed by atoms with van der Waals surface area (Å²) in [7, 11) is 1.30. The van der Waals surface area contributed by atoms with Crippen molar-refractivity contribution < 1.29 is 14.6 Å². The first-order chi connectivity index (χ1) is 10.9. The maximum atomic E-state index is 11.5. The van der Waals surface area contributed by atoms with Crippen molar-refractivity contribution in [2.45, 2.75) is 18.9 Å². The molecule has 2 rings (SSSR count). The first-order valence-corrected chi connectivity index (χ1v) is 7.75. The quantitative estimate of drug-likeness (QED) is 0.763. The molecule has 0 unspecified atom stereocenters. The molecule has 0 heterocycles. The molecule has 0 saturated heterocycles. The Morgan fingerprint density at radius 1 is 1.21 bits per heavy atom. The number of hydrogen-bond donors (Lipinski definition) is 2. The number of carbonyl (C=O) groups is 1. The monoisotopic (exact) mass is 389 g/mol. The van der Waals surface area contributed by atoms with Gasteiger partial charge in [0.05, 0.1) is 17.2 Å². The van der Waals surface area contributed by atoms with E-state index < -0.39 is 12.0 Å². The van der Waals surface area contributed by atoms with Crippen molar-refractivity contribution in [2.24, 2.45) is 5.73 Å². The molecule has 7 heteroatoms. The molecular weight excluding hydrogens is 373 g/mol. The normalized spacial score (nSPS) is 11.5. The fourth-order valence-electron chi connectivity index (χ4n) is 2.34. The fourth-order valence-corrected chi connectivity index (χ4v) is 2.72. The lowest BCUT2D eigenvalue weighted by Crippen LogP contribution is -2.33. The summed E-state index contributed by atoms with van der Waals surface area (Å²) < 4.78 is 4.65. The SMILES string of the molecule is COC(=O)[C@@H](N)Cc1ccc(O)cc1Cc1cccc(Cl)c1Cl.Cl. The zero-order chi connectivity index (χ0) is 17.0. The number of esters is 1. The highest BCUT2D eigenvalue weighted by molar-refractivity contribution is 6.42. The standard InChI is InChI=1S/C17H17Cl2NO3.ClH/c1-23-17(22)15(20)9-10-5-6-13(21)8-12(10)7-11-3-2-4-14(18)16(11)19;/h2-6,8,15,21H,7,9,20H2,1H3;1H/t15-;/m0./s1. The molecular formula is C17H18Cl3NO3. The first-order valence-electron chi connectivity index (χ1n) is 6.99. The molecule has 24 heavy (non-hydrogen) atoms. The molecule has 0 saturated carbocycles. The third kappa shape index (κ3) is 5.02. The van der Waals surface area contributed by atoms with Crippen LogP contribution >= 0.6 is 35.6 Å². The van der Waals surface area contributed by atoms with Crippen LogP contribution in [0.4, 0.5) is 0 Å². The van der Waals surface area contributed by atoms with Gasteiger partial charge >= 0.3 is 5.97 Å². The van der Waals surface area contributed by atoms with Crippen LogP contribution in [0.5, 0.6) is 5.75 Å². The number of phenols is 1. The molecule has 2 aromatic carbocycles. The van der Waals surface area contributed by atoms with E-state index >= 15 is 0 Å². The minimum Gasteiger partial charge on any atom is -0.508 e. The smallest absolute Gasteiger partial charge is 0.322 e. The van der Waals surface area contributed by atoms with Gasteiger partial charge in [0.25, 0.3) is 0 Å². The maximum absolute atomic E-state index is 11.5. The second kappa shape index (κ2) is 9.14. The van der Waals surface area contributed by atoms with Crippen LogP contribution in [-0.4, -0.2) is 24.2 Å².